The zero-order valence-corrected chi connectivity index (χ0v) is 19.1. The molecule has 0 atom stereocenters. The molecule has 4 N–H and O–H groups in total. The van der Waals surface area contributed by atoms with Gasteiger partial charge in [0.25, 0.3) is 5.91 Å². The second kappa shape index (κ2) is 10.3. The number of benzene rings is 2. The normalized spacial score (nSPS) is 15.0. The summed E-state index contributed by atoms with van der Waals surface area (Å²) in [6.45, 7) is 4.21. The largest absolute Gasteiger partial charge is 0.484 e. The highest BCUT2D eigenvalue weighted by molar-refractivity contribution is 5.81. The maximum atomic E-state index is 12.1. The first-order valence-corrected chi connectivity index (χ1v) is 11.3. The lowest BCUT2D eigenvalue weighted by atomic mass is 10.1. The number of nitrogens with zero attached hydrogens (tertiary/aromatic N) is 4. The molecule has 2 aliphatic rings. The van der Waals surface area contributed by atoms with Gasteiger partial charge in [-0.15, -0.1) is 0 Å². The van der Waals surface area contributed by atoms with Crippen LogP contribution in [-0.4, -0.2) is 60.4 Å². The number of ether oxygens (including phenoxy) is 3. The van der Waals surface area contributed by atoms with E-state index in [0.717, 1.165) is 44.2 Å². The number of anilines is 3. The van der Waals surface area contributed by atoms with Gasteiger partial charge < -0.3 is 24.8 Å². The molecule has 0 aliphatic carbocycles. The van der Waals surface area contributed by atoms with E-state index in [9.17, 15) is 4.79 Å². The van der Waals surface area contributed by atoms with E-state index in [1.54, 1.807) is 12.1 Å². The van der Waals surface area contributed by atoms with Gasteiger partial charge in [-0.2, -0.15) is 0 Å². The lowest BCUT2D eigenvalue weighted by Crippen LogP contribution is -2.46. The van der Waals surface area contributed by atoms with Gasteiger partial charge in [0.05, 0.1) is 0 Å². The van der Waals surface area contributed by atoms with Gasteiger partial charge in [0, 0.05) is 32.7 Å². The number of aromatic nitrogens is 2. The quantitative estimate of drug-likeness (QED) is 0.412. The molecule has 11 nitrogen and oxygen atoms in total. The Bertz CT molecular complexity index is 1170. The van der Waals surface area contributed by atoms with E-state index in [0.29, 0.717) is 23.1 Å². The average Bonchev–Trinajstić information content (AvgIpc) is 3.36. The van der Waals surface area contributed by atoms with E-state index in [2.05, 4.69) is 36.7 Å². The summed E-state index contributed by atoms with van der Waals surface area (Å²) in [7, 11) is 0. The van der Waals surface area contributed by atoms with Crippen molar-refractivity contribution in [3.63, 3.8) is 0 Å². The molecule has 0 bridgehead atoms. The molecule has 11 heteroatoms. The second-order valence-electron chi connectivity index (χ2n) is 8.19. The zero-order chi connectivity index (χ0) is 24.0. The first-order valence-electron chi connectivity index (χ1n) is 11.3. The minimum atomic E-state index is -0.356. The van der Waals surface area contributed by atoms with E-state index < -0.39 is 0 Å². The van der Waals surface area contributed by atoms with Gasteiger partial charge in [-0.3, -0.25) is 20.5 Å². The number of rotatable bonds is 8. The van der Waals surface area contributed by atoms with Crippen molar-refractivity contribution < 1.29 is 19.0 Å². The number of carbonyl (C=O) groups excluding carboxylic acids is 1. The van der Waals surface area contributed by atoms with E-state index in [1.165, 1.54) is 11.9 Å². The number of nitrogens with two attached hydrogens (primary N) is 1. The van der Waals surface area contributed by atoms with Crippen molar-refractivity contribution in [2.24, 2.45) is 0 Å². The Labute approximate surface area is 202 Å². The van der Waals surface area contributed by atoms with E-state index in [4.69, 9.17) is 19.9 Å². The summed E-state index contributed by atoms with van der Waals surface area (Å²) in [4.78, 5) is 25.2. The Balaban J connectivity index is 1.12. The second-order valence-corrected chi connectivity index (χ2v) is 8.19. The number of amides is 1. The zero-order valence-electron chi connectivity index (χ0n) is 19.1. The summed E-state index contributed by atoms with van der Waals surface area (Å²) in [6.07, 6.45) is 1.43. The van der Waals surface area contributed by atoms with Crippen LogP contribution in [0.15, 0.2) is 54.9 Å². The summed E-state index contributed by atoms with van der Waals surface area (Å²) < 4.78 is 16.3. The van der Waals surface area contributed by atoms with Crippen LogP contribution in [0.25, 0.3) is 0 Å². The molecular weight excluding hydrogens is 450 g/mol. The van der Waals surface area contributed by atoms with E-state index in [1.807, 2.05) is 30.3 Å². The van der Waals surface area contributed by atoms with Crippen molar-refractivity contribution in [1.82, 2.24) is 20.3 Å². The maximum absolute atomic E-state index is 12.1. The number of piperazine rings is 1. The fourth-order valence-corrected chi connectivity index (χ4v) is 3.98. The summed E-state index contributed by atoms with van der Waals surface area (Å²) in [5, 5.41) is 0. The van der Waals surface area contributed by atoms with Crippen molar-refractivity contribution in [1.29, 1.82) is 0 Å². The van der Waals surface area contributed by atoms with Crippen molar-refractivity contribution >= 4 is 23.2 Å². The van der Waals surface area contributed by atoms with Crippen molar-refractivity contribution in [3.8, 4) is 17.2 Å². The molecule has 35 heavy (non-hydrogen) atoms. The molecular formula is C24H27N7O4. The topological polar surface area (TPSA) is 127 Å². The van der Waals surface area contributed by atoms with Gasteiger partial charge >= 0.3 is 0 Å². The van der Waals surface area contributed by atoms with Gasteiger partial charge in [-0.1, -0.05) is 24.3 Å². The van der Waals surface area contributed by atoms with Crippen LogP contribution in [0, 0.1) is 0 Å². The Morgan fingerprint density at radius 3 is 2.66 bits per heavy atom. The van der Waals surface area contributed by atoms with Crippen LogP contribution >= 0.6 is 0 Å². The molecule has 0 unspecified atom stereocenters. The Kier molecular flexibility index (Phi) is 6.66. The predicted molar refractivity (Wildman–Crippen MR) is 130 cm³/mol. The molecule has 0 radical (unpaired) electrons. The first kappa shape index (κ1) is 22.5. The maximum Gasteiger partial charge on any atom is 0.276 e. The molecule has 1 saturated heterocycles. The van der Waals surface area contributed by atoms with Crippen LogP contribution in [0.5, 0.6) is 17.2 Å². The SMILES string of the molecule is Nc1c(NNC(=O)COc2ccccc2)ncnc1N1CCN(Cc2ccc3c(c2)OCO3)CC1. The minimum absolute atomic E-state index is 0.139. The standard InChI is InChI=1S/C24H27N7O4/c25-22-23(29-28-21(32)14-33-18-4-2-1-3-5-18)26-15-27-24(22)31-10-8-30(9-11-31)13-17-6-7-19-20(12-17)35-16-34-19/h1-7,12,15H,8-11,13-14,16,25H2,(H,28,32)(H,26,27,29). The van der Waals surface area contributed by atoms with Gasteiger partial charge in [0.15, 0.2) is 29.7 Å². The third kappa shape index (κ3) is 5.46. The van der Waals surface area contributed by atoms with Gasteiger partial charge in [-0.25, -0.2) is 9.97 Å². The number of para-hydroxylation sites is 1. The van der Waals surface area contributed by atoms with Crippen molar-refractivity contribution in [2.75, 3.05) is 55.6 Å². The third-order valence-electron chi connectivity index (χ3n) is 5.81. The molecule has 0 spiro atoms. The molecule has 3 aromatic rings. The number of fused-ring (bicyclic) bond motifs is 1. The molecule has 0 saturated carbocycles. The molecule has 1 aromatic heterocycles. The molecule has 2 aliphatic heterocycles. The highest BCUT2D eigenvalue weighted by Gasteiger charge is 2.22. The number of nitrogen functional groups attached to an aromatic ring is 1. The lowest BCUT2D eigenvalue weighted by Gasteiger charge is -2.36. The van der Waals surface area contributed by atoms with E-state index >= 15 is 0 Å². The van der Waals surface area contributed by atoms with Gasteiger partial charge in [0.1, 0.15) is 17.8 Å². The molecule has 1 fully saturated rings. The Morgan fingerprint density at radius 2 is 1.83 bits per heavy atom. The van der Waals surface area contributed by atoms with Crippen LogP contribution < -0.4 is 35.7 Å². The first-order chi connectivity index (χ1) is 17.2. The fourth-order valence-electron chi connectivity index (χ4n) is 3.98. The lowest BCUT2D eigenvalue weighted by molar-refractivity contribution is -0.122. The van der Waals surface area contributed by atoms with Crippen molar-refractivity contribution in [3.05, 3.63) is 60.4 Å². The van der Waals surface area contributed by atoms with Crippen molar-refractivity contribution in [2.45, 2.75) is 6.54 Å². The number of carbonyl (C=O) groups is 1. The van der Waals surface area contributed by atoms with E-state index in [-0.39, 0.29) is 19.3 Å². The molecule has 2 aromatic carbocycles. The van der Waals surface area contributed by atoms with Crippen LogP contribution in [0.2, 0.25) is 0 Å². The summed E-state index contributed by atoms with van der Waals surface area (Å²) in [6, 6.07) is 15.2. The summed E-state index contributed by atoms with van der Waals surface area (Å²) in [5.41, 5.74) is 13.2. The predicted octanol–water partition coefficient (Wildman–Crippen LogP) is 1.63. The van der Waals surface area contributed by atoms with Gasteiger partial charge in [0.2, 0.25) is 6.79 Å². The summed E-state index contributed by atoms with van der Waals surface area (Å²) >= 11 is 0. The molecule has 3 heterocycles. The van der Waals surface area contributed by atoms with Crippen LogP contribution in [0.3, 0.4) is 0 Å². The third-order valence-corrected chi connectivity index (χ3v) is 5.81. The highest BCUT2D eigenvalue weighted by atomic mass is 16.7. The van der Waals surface area contributed by atoms with Crippen LogP contribution in [0.1, 0.15) is 5.56 Å². The number of hydrogen-bond acceptors (Lipinski definition) is 10. The number of nitrogens with one attached hydrogen (secondary N) is 2. The molecule has 182 valence electrons. The van der Waals surface area contributed by atoms with Crippen LogP contribution in [-0.2, 0) is 11.3 Å². The van der Waals surface area contributed by atoms with Gasteiger partial charge in [-0.05, 0) is 29.8 Å². The summed E-state index contributed by atoms with van der Waals surface area (Å²) in [5.74, 6) is 2.83. The Hall–Kier alpha value is -4.25. The fraction of sp³-hybridized carbons (Fsp3) is 0.292. The Morgan fingerprint density at radius 1 is 1.03 bits per heavy atom. The average molecular weight is 478 g/mol. The molecule has 1 amide bonds. The minimum Gasteiger partial charge on any atom is -0.484 e. The van der Waals surface area contributed by atoms with Crippen LogP contribution in [0.4, 0.5) is 17.3 Å². The highest BCUT2D eigenvalue weighted by Crippen LogP contribution is 2.33. The monoisotopic (exact) mass is 477 g/mol. The number of hydrazine groups is 1. The molecule has 5 rings (SSSR count). The number of hydrogen-bond donors (Lipinski definition) is 3. The smallest absolute Gasteiger partial charge is 0.276 e.